The van der Waals surface area contributed by atoms with Gasteiger partial charge < -0.3 is 9.87 Å². The van der Waals surface area contributed by atoms with Gasteiger partial charge in [0.05, 0.1) is 16.5 Å². The summed E-state index contributed by atoms with van der Waals surface area (Å²) in [5.41, 5.74) is 1.83. The van der Waals surface area contributed by atoms with Crippen LogP contribution in [0.3, 0.4) is 0 Å². The molecule has 3 atom stereocenters. The van der Waals surface area contributed by atoms with Crippen molar-refractivity contribution in [1.82, 2.24) is 10.3 Å². The molecule has 1 fully saturated rings. The molecule has 1 aliphatic rings. The lowest BCUT2D eigenvalue weighted by Crippen LogP contribution is -2.45. The Hall–Kier alpha value is -2.73. The molecule has 8 heteroatoms. The number of rotatable bonds is 3. The van der Waals surface area contributed by atoms with Crippen molar-refractivity contribution in [1.29, 1.82) is 10.7 Å². The van der Waals surface area contributed by atoms with Crippen LogP contribution in [0.5, 0.6) is 0 Å². The third kappa shape index (κ3) is 3.52. The summed E-state index contributed by atoms with van der Waals surface area (Å²) < 4.78 is 27.5. The number of benzene rings is 1. The molecule has 0 amide bonds. The van der Waals surface area contributed by atoms with Gasteiger partial charge in [-0.15, -0.1) is 11.3 Å². The lowest BCUT2D eigenvalue weighted by molar-refractivity contribution is 0.550. The van der Waals surface area contributed by atoms with E-state index in [1.165, 1.54) is 17.4 Å². The Bertz CT molecular complexity index is 1060. The minimum absolute atomic E-state index is 0.0779. The van der Waals surface area contributed by atoms with Gasteiger partial charge >= 0.3 is 0 Å². The van der Waals surface area contributed by atoms with Gasteiger partial charge in [0.1, 0.15) is 23.3 Å². The first-order valence-electron chi connectivity index (χ1n) is 8.49. The van der Waals surface area contributed by atoms with Crippen LogP contribution in [0.25, 0.3) is 10.4 Å². The molecule has 1 aromatic carbocycles. The van der Waals surface area contributed by atoms with Gasteiger partial charge in [-0.1, -0.05) is 18.2 Å². The topological polar surface area (TPSA) is 95.6 Å². The van der Waals surface area contributed by atoms with E-state index in [1.54, 1.807) is 42.6 Å². The molecule has 1 aliphatic heterocycles. The molecular formula is C20H15FN4OS2. The highest BCUT2D eigenvalue weighted by atomic mass is 32.2. The van der Waals surface area contributed by atoms with Crippen molar-refractivity contribution >= 4 is 28.3 Å². The second-order valence-corrected chi connectivity index (χ2v) is 8.96. The molecule has 5 nitrogen and oxygen atoms in total. The van der Waals surface area contributed by atoms with Crippen molar-refractivity contribution < 1.29 is 8.94 Å². The molecule has 0 saturated carbocycles. The van der Waals surface area contributed by atoms with E-state index in [2.05, 4.69) is 16.4 Å². The van der Waals surface area contributed by atoms with Gasteiger partial charge in [-0.25, -0.2) is 4.39 Å². The zero-order valence-electron chi connectivity index (χ0n) is 14.6. The number of hydrogen-bond acceptors (Lipinski definition) is 5. The van der Waals surface area contributed by atoms with E-state index in [0.29, 0.717) is 21.0 Å². The Kier molecular flexibility index (Phi) is 5.13. The molecule has 4 rings (SSSR count). The fourth-order valence-corrected chi connectivity index (χ4v) is 5.86. The summed E-state index contributed by atoms with van der Waals surface area (Å²) in [6.07, 6.45) is 1.60. The molecule has 3 unspecified atom stereocenters. The van der Waals surface area contributed by atoms with E-state index in [9.17, 15) is 8.94 Å². The summed E-state index contributed by atoms with van der Waals surface area (Å²) >= 11 is -0.145. The number of thiophene rings is 1. The van der Waals surface area contributed by atoms with Crippen LogP contribution in [0.4, 0.5) is 4.39 Å². The van der Waals surface area contributed by atoms with E-state index in [0.717, 1.165) is 5.56 Å². The molecule has 2 N–H and O–H groups in total. The number of nitrogens with one attached hydrogen (secondary N) is 2. The highest BCUT2D eigenvalue weighted by Crippen LogP contribution is 2.38. The molecule has 3 heterocycles. The number of amidine groups is 1. The van der Waals surface area contributed by atoms with Crippen LogP contribution in [-0.2, 0) is 11.2 Å². The second-order valence-electron chi connectivity index (χ2n) is 6.31. The van der Waals surface area contributed by atoms with Gasteiger partial charge in [-0.3, -0.25) is 10.4 Å². The molecule has 0 bridgehead atoms. The summed E-state index contributed by atoms with van der Waals surface area (Å²) in [5, 5.41) is 19.7. The average molecular weight is 410 g/mol. The van der Waals surface area contributed by atoms with Gasteiger partial charge in [0.15, 0.2) is 5.84 Å². The van der Waals surface area contributed by atoms with Gasteiger partial charge in [0.25, 0.3) is 0 Å². The number of halogens is 1. The zero-order valence-corrected chi connectivity index (χ0v) is 16.2. The Balaban J connectivity index is 1.60. The lowest BCUT2D eigenvalue weighted by atomic mass is 10.1. The van der Waals surface area contributed by atoms with E-state index in [1.807, 2.05) is 6.07 Å². The van der Waals surface area contributed by atoms with Crippen LogP contribution in [-0.4, -0.2) is 21.1 Å². The van der Waals surface area contributed by atoms with Crippen LogP contribution in [0, 0.1) is 22.6 Å². The SMILES string of the molecule is N#Cc1cccc(-c2cc(F)c(C3C[S+]([O-])C(c4ccccn4)C(=N)N3)s2)c1. The Morgan fingerprint density at radius 2 is 2.14 bits per heavy atom. The van der Waals surface area contributed by atoms with Gasteiger partial charge in [0.2, 0.25) is 5.25 Å². The van der Waals surface area contributed by atoms with E-state index in [-0.39, 0.29) is 11.6 Å². The van der Waals surface area contributed by atoms with E-state index >= 15 is 0 Å². The first-order chi connectivity index (χ1) is 13.6. The second kappa shape index (κ2) is 7.72. The third-order valence-corrected chi connectivity index (χ3v) is 7.39. The van der Waals surface area contributed by atoms with E-state index in [4.69, 9.17) is 10.7 Å². The first-order valence-corrected chi connectivity index (χ1v) is 10.7. The van der Waals surface area contributed by atoms with Crippen molar-refractivity contribution in [2.45, 2.75) is 11.3 Å². The molecule has 3 aromatic rings. The Morgan fingerprint density at radius 1 is 1.29 bits per heavy atom. The van der Waals surface area contributed by atoms with Crippen molar-refractivity contribution in [3.8, 4) is 16.5 Å². The maximum atomic E-state index is 14.7. The fraction of sp³-hybridized carbons (Fsp3) is 0.150. The summed E-state index contributed by atoms with van der Waals surface area (Å²) in [6.45, 7) is 0. The normalized spacial score (nSPS) is 21.8. The average Bonchev–Trinajstić information content (AvgIpc) is 3.10. The monoisotopic (exact) mass is 410 g/mol. The smallest absolute Gasteiger partial charge is 0.213 e. The lowest BCUT2D eigenvalue weighted by Gasteiger charge is -2.32. The molecule has 2 aromatic heterocycles. The molecular weight excluding hydrogens is 395 g/mol. The van der Waals surface area contributed by atoms with E-state index < -0.39 is 28.3 Å². The van der Waals surface area contributed by atoms with Crippen LogP contribution < -0.4 is 5.32 Å². The number of nitriles is 1. The highest BCUT2D eigenvalue weighted by Gasteiger charge is 2.40. The number of pyridine rings is 1. The van der Waals surface area contributed by atoms with Crippen molar-refractivity contribution in [2.75, 3.05) is 5.75 Å². The predicted molar refractivity (Wildman–Crippen MR) is 108 cm³/mol. The van der Waals surface area contributed by atoms with Crippen molar-refractivity contribution in [3.63, 3.8) is 0 Å². The van der Waals surface area contributed by atoms with Crippen LogP contribution >= 0.6 is 11.3 Å². The minimum atomic E-state index is -1.39. The summed E-state index contributed by atoms with van der Waals surface area (Å²) in [5.74, 6) is -0.131. The van der Waals surface area contributed by atoms with Crippen molar-refractivity contribution in [2.24, 2.45) is 0 Å². The minimum Gasteiger partial charge on any atom is -0.615 e. The molecule has 28 heavy (non-hydrogen) atoms. The third-order valence-electron chi connectivity index (χ3n) is 4.45. The highest BCUT2D eigenvalue weighted by molar-refractivity contribution is 7.92. The quantitative estimate of drug-likeness (QED) is 0.640. The number of nitrogens with zero attached hydrogens (tertiary/aromatic N) is 2. The predicted octanol–water partition coefficient (Wildman–Crippen LogP) is 3.93. The van der Waals surface area contributed by atoms with Gasteiger partial charge in [-0.05, 0) is 47.1 Å². The van der Waals surface area contributed by atoms with Crippen LogP contribution in [0.15, 0.2) is 54.7 Å². The largest absolute Gasteiger partial charge is 0.615 e. The molecule has 0 radical (unpaired) electrons. The zero-order chi connectivity index (χ0) is 19.7. The maximum Gasteiger partial charge on any atom is 0.213 e. The maximum absolute atomic E-state index is 14.7. The van der Waals surface area contributed by atoms with Crippen molar-refractivity contribution in [3.05, 3.63) is 76.7 Å². The molecule has 140 valence electrons. The summed E-state index contributed by atoms with van der Waals surface area (Å²) in [4.78, 5) is 5.31. The van der Waals surface area contributed by atoms with Gasteiger partial charge in [-0.2, -0.15) is 5.26 Å². The van der Waals surface area contributed by atoms with Crippen LogP contribution in [0.1, 0.15) is 27.4 Å². The Morgan fingerprint density at radius 3 is 2.86 bits per heavy atom. The Labute approximate surface area is 168 Å². The fourth-order valence-electron chi connectivity index (χ4n) is 3.16. The molecule has 0 spiro atoms. The summed E-state index contributed by atoms with van der Waals surface area (Å²) in [7, 11) is 0. The number of hydrogen-bond donors (Lipinski definition) is 2. The summed E-state index contributed by atoms with van der Waals surface area (Å²) in [6, 6.07) is 15.2. The molecule has 0 aliphatic carbocycles. The molecule has 1 saturated heterocycles. The number of aromatic nitrogens is 1. The first kappa shape index (κ1) is 18.6. The standard InChI is InChI=1S/C20H15FN4OS2/c21-14-9-17(13-5-3-4-12(8-13)10-22)27-18(14)16-11-28(26)19(20(23)25-16)15-6-1-2-7-24-15/h1-9,16,19H,11H2,(H2,23,25). The van der Waals surface area contributed by atoms with Crippen LogP contribution in [0.2, 0.25) is 0 Å². The van der Waals surface area contributed by atoms with Gasteiger partial charge in [0, 0.05) is 11.1 Å².